The molecule has 2 aromatic heterocycles. The van der Waals surface area contributed by atoms with Crippen LogP contribution in [-0.2, 0) is 6.18 Å². The molecule has 0 radical (unpaired) electrons. The van der Waals surface area contributed by atoms with E-state index in [2.05, 4.69) is 20.3 Å². The third kappa shape index (κ3) is 6.50. The number of alkyl halides is 3. The number of fused-ring (bicyclic) bond motifs is 1. The molecule has 0 aliphatic carbocycles. The third-order valence-corrected chi connectivity index (χ3v) is 6.39. The van der Waals surface area contributed by atoms with E-state index in [-0.39, 0.29) is 5.56 Å². The number of carbonyl (C=O) groups excluding carboxylic acids is 1. The number of aromatic nitrogens is 4. The van der Waals surface area contributed by atoms with Crippen LogP contribution in [0, 0.1) is 6.92 Å². The van der Waals surface area contributed by atoms with Crippen LogP contribution in [0.2, 0.25) is 0 Å². The average Bonchev–Trinajstić information content (AvgIpc) is 3.38. The molecule has 0 saturated heterocycles. The van der Waals surface area contributed by atoms with Crippen molar-refractivity contribution < 1.29 is 22.7 Å². The van der Waals surface area contributed by atoms with Crippen LogP contribution < -0.4 is 15.0 Å². The fraction of sp³-hybridized carbons (Fsp3) is 0.200. The van der Waals surface area contributed by atoms with Gasteiger partial charge in [-0.15, -0.1) is 0 Å². The number of aryl methyl sites for hydroxylation is 1. The fourth-order valence-corrected chi connectivity index (χ4v) is 4.22. The summed E-state index contributed by atoms with van der Waals surface area (Å²) in [5.41, 5.74) is 2.34. The number of imidazole rings is 1. The molecule has 216 valence electrons. The monoisotopic (exact) mass is 575 g/mol. The number of likely N-dealkylation sites (N-methyl/N-ethyl adjacent to an activating group) is 1. The lowest BCUT2D eigenvalue weighted by Gasteiger charge is -2.24. The molecule has 0 aliphatic heterocycles. The molecular weight excluding hydrogens is 547 g/mol. The first-order chi connectivity index (χ1) is 20.1. The minimum absolute atomic E-state index is 0.114. The molecule has 12 heteroatoms. The Kier molecular flexibility index (Phi) is 8.07. The van der Waals surface area contributed by atoms with E-state index in [1.165, 1.54) is 18.5 Å². The molecule has 9 nitrogen and oxygen atoms in total. The number of halogens is 3. The first kappa shape index (κ1) is 28.6. The first-order valence-corrected chi connectivity index (χ1v) is 13.0. The zero-order valence-corrected chi connectivity index (χ0v) is 23.1. The molecule has 0 aliphatic rings. The minimum Gasteiger partial charge on any atom is -0.476 e. The molecule has 3 aromatic carbocycles. The van der Waals surface area contributed by atoms with E-state index in [9.17, 15) is 18.0 Å². The Morgan fingerprint density at radius 2 is 1.81 bits per heavy atom. The lowest BCUT2D eigenvalue weighted by atomic mass is 10.1. The van der Waals surface area contributed by atoms with Crippen LogP contribution >= 0.6 is 0 Å². The summed E-state index contributed by atoms with van der Waals surface area (Å²) in [5, 5.41) is 2.71. The van der Waals surface area contributed by atoms with Crippen LogP contribution in [0.3, 0.4) is 0 Å². The van der Waals surface area contributed by atoms with Crippen LogP contribution in [0.1, 0.15) is 21.5 Å². The molecule has 0 saturated carbocycles. The van der Waals surface area contributed by atoms with Gasteiger partial charge in [-0.05, 0) is 69.0 Å². The molecule has 0 atom stereocenters. The number of para-hydroxylation sites is 2. The Labute approximate surface area is 240 Å². The van der Waals surface area contributed by atoms with Gasteiger partial charge in [0.15, 0.2) is 0 Å². The maximum absolute atomic E-state index is 13.2. The number of aromatic amines is 1. The van der Waals surface area contributed by atoms with Gasteiger partial charge in [-0.3, -0.25) is 9.69 Å². The fourth-order valence-electron chi connectivity index (χ4n) is 4.22. The van der Waals surface area contributed by atoms with Crippen LogP contribution in [0.15, 0.2) is 79.1 Å². The number of hydrogen-bond donors (Lipinski definition) is 2. The zero-order chi connectivity index (χ0) is 29.9. The van der Waals surface area contributed by atoms with Crippen molar-refractivity contribution >= 4 is 40.1 Å². The summed E-state index contributed by atoms with van der Waals surface area (Å²) in [5.74, 6) is 0.603. The number of benzene rings is 3. The van der Waals surface area contributed by atoms with Gasteiger partial charge in [0.25, 0.3) is 5.91 Å². The van der Waals surface area contributed by atoms with Gasteiger partial charge in [-0.25, -0.2) is 15.0 Å². The van der Waals surface area contributed by atoms with Gasteiger partial charge in [0.1, 0.15) is 18.8 Å². The highest BCUT2D eigenvalue weighted by atomic mass is 19.4. The number of nitrogens with one attached hydrogen (secondary N) is 2. The van der Waals surface area contributed by atoms with Crippen molar-refractivity contribution in [1.29, 1.82) is 0 Å². The smallest absolute Gasteiger partial charge is 0.416 e. The predicted molar refractivity (Wildman–Crippen MR) is 155 cm³/mol. The number of hydrogen-bond acceptors (Lipinski definition) is 7. The largest absolute Gasteiger partial charge is 0.476 e. The Bertz CT molecular complexity index is 1690. The minimum atomic E-state index is -4.56. The van der Waals surface area contributed by atoms with E-state index in [1.807, 2.05) is 50.2 Å². The van der Waals surface area contributed by atoms with Gasteiger partial charge in [-0.2, -0.15) is 13.2 Å². The molecule has 2 N–H and O–H groups in total. The SMILES string of the molecule is Cc1ccc(NC(=O)c2cccc(C(F)(F)F)c2)cc1N(c1cc(OCCN(C)C)ncn1)c1nc2ccccc2[nH]1. The van der Waals surface area contributed by atoms with Crippen molar-refractivity contribution in [3.8, 4) is 5.88 Å². The summed E-state index contributed by atoms with van der Waals surface area (Å²) in [7, 11) is 3.89. The van der Waals surface area contributed by atoms with Gasteiger partial charge < -0.3 is 19.9 Å². The number of amides is 1. The van der Waals surface area contributed by atoms with Crippen molar-refractivity contribution in [2.24, 2.45) is 0 Å². The topological polar surface area (TPSA) is 99.3 Å². The number of H-pyrrole nitrogens is 1. The lowest BCUT2D eigenvalue weighted by molar-refractivity contribution is -0.137. The van der Waals surface area contributed by atoms with Crippen LogP contribution in [0.4, 0.5) is 36.3 Å². The Balaban J connectivity index is 1.52. The molecule has 1 amide bonds. The van der Waals surface area contributed by atoms with Crippen molar-refractivity contribution in [1.82, 2.24) is 24.8 Å². The predicted octanol–water partition coefficient (Wildman–Crippen LogP) is 6.34. The standard InChI is InChI=1S/C30H28F3N7O2/c1-19-11-12-22(36-28(41)20-7-6-8-21(15-20)30(31,32)33)16-25(19)40(29-37-23-9-4-5-10-24(23)38-29)26-17-27(35-18-34-26)42-14-13-39(2)3/h4-12,15-18H,13-14H2,1-3H3,(H,36,41)(H,37,38). The van der Waals surface area contributed by atoms with E-state index in [1.54, 1.807) is 29.2 Å². The molecular formula is C30H28F3N7O2. The van der Waals surface area contributed by atoms with Crippen molar-refractivity contribution in [2.45, 2.75) is 13.1 Å². The van der Waals surface area contributed by atoms with Gasteiger partial charge in [0, 0.05) is 23.9 Å². The second-order valence-electron chi connectivity index (χ2n) is 9.81. The van der Waals surface area contributed by atoms with Gasteiger partial charge in [0.2, 0.25) is 11.8 Å². The summed E-state index contributed by atoms with van der Waals surface area (Å²) in [6.45, 7) is 3.00. The summed E-state index contributed by atoms with van der Waals surface area (Å²) in [6, 6.07) is 18.7. The highest BCUT2D eigenvalue weighted by Crippen LogP contribution is 2.37. The van der Waals surface area contributed by atoms with E-state index >= 15 is 0 Å². The highest BCUT2D eigenvalue weighted by molar-refractivity contribution is 6.04. The molecule has 5 aromatic rings. The molecule has 0 fully saturated rings. The summed E-state index contributed by atoms with van der Waals surface area (Å²) in [6.07, 6.45) is -3.17. The molecule has 0 bridgehead atoms. The maximum atomic E-state index is 13.2. The number of nitrogens with zero attached hydrogens (tertiary/aromatic N) is 5. The van der Waals surface area contributed by atoms with E-state index in [0.29, 0.717) is 42.2 Å². The molecule has 42 heavy (non-hydrogen) atoms. The average molecular weight is 576 g/mol. The van der Waals surface area contributed by atoms with Crippen LogP contribution in [-0.4, -0.2) is 58.0 Å². The molecule has 5 rings (SSSR count). The zero-order valence-electron chi connectivity index (χ0n) is 23.1. The first-order valence-electron chi connectivity index (χ1n) is 13.0. The summed E-state index contributed by atoms with van der Waals surface area (Å²) < 4.78 is 45.5. The highest BCUT2D eigenvalue weighted by Gasteiger charge is 2.31. The van der Waals surface area contributed by atoms with Gasteiger partial charge >= 0.3 is 6.18 Å². The number of anilines is 4. The Morgan fingerprint density at radius 3 is 2.57 bits per heavy atom. The van der Waals surface area contributed by atoms with Crippen molar-refractivity contribution in [3.63, 3.8) is 0 Å². The Morgan fingerprint density at radius 1 is 1.00 bits per heavy atom. The van der Waals surface area contributed by atoms with Crippen LogP contribution in [0.5, 0.6) is 5.88 Å². The second-order valence-corrected chi connectivity index (χ2v) is 9.81. The molecule has 0 unspecified atom stereocenters. The van der Waals surface area contributed by atoms with E-state index < -0.39 is 17.6 Å². The molecule has 0 spiro atoms. The number of carbonyl (C=O) groups is 1. The third-order valence-electron chi connectivity index (χ3n) is 6.39. The van der Waals surface area contributed by atoms with E-state index in [0.717, 1.165) is 28.7 Å². The van der Waals surface area contributed by atoms with Gasteiger partial charge in [0.05, 0.1) is 22.3 Å². The van der Waals surface area contributed by atoms with Gasteiger partial charge in [-0.1, -0.05) is 24.3 Å². The number of rotatable bonds is 9. The second kappa shape index (κ2) is 11.9. The normalized spacial score (nSPS) is 11.6. The summed E-state index contributed by atoms with van der Waals surface area (Å²) in [4.78, 5) is 33.5. The van der Waals surface area contributed by atoms with Crippen LogP contribution in [0.25, 0.3) is 11.0 Å². The quantitative estimate of drug-likeness (QED) is 0.212. The maximum Gasteiger partial charge on any atom is 0.416 e. The summed E-state index contributed by atoms with van der Waals surface area (Å²) >= 11 is 0. The van der Waals surface area contributed by atoms with Crippen molar-refractivity contribution in [2.75, 3.05) is 37.5 Å². The number of ether oxygens (including phenoxy) is 1. The van der Waals surface area contributed by atoms with E-state index in [4.69, 9.17) is 9.72 Å². The molecule has 2 heterocycles. The lowest BCUT2D eigenvalue weighted by Crippen LogP contribution is -2.20. The van der Waals surface area contributed by atoms with Crippen molar-refractivity contribution in [3.05, 3.63) is 95.8 Å². The Hall–Kier alpha value is -4.97.